The highest BCUT2D eigenvalue weighted by molar-refractivity contribution is 7.80. The summed E-state index contributed by atoms with van der Waals surface area (Å²) in [5.74, 6) is 0.864. The van der Waals surface area contributed by atoms with Gasteiger partial charge in [-0.15, -0.1) is 0 Å². The Morgan fingerprint density at radius 2 is 2.11 bits per heavy atom. The van der Waals surface area contributed by atoms with Gasteiger partial charge in [-0.3, -0.25) is 0 Å². The van der Waals surface area contributed by atoms with Crippen molar-refractivity contribution in [1.82, 2.24) is 5.32 Å². The standard InChI is InChI=1S/C14H16N2OS/c1-10-5-3-6-12(9-10)16-14(18)15-11(2)13-7-4-8-17-13/h3-9,11H,1-2H3,(H2,15,16,18)/t11-/m1/s1. The van der Waals surface area contributed by atoms with E-state index in [1.165, 1.54) is 5.56 Å². The normalized spacial score (nSPS) is 11.9. The Labute approximate surface area is 112 Å². The second-order valence-corrected chi connectivity index (χ2v) is 4.61. The minimum Gasteiger partial charge on any atom is -0.467 e. The van der Waals surface area contributed by atoms with Gasteiger partial charge in [-0.25, -0.2) is 0 Å². The SMILES string of the molecule is Cc1cccc(NC(=S)N[C@H](C)c2ccco2)c1. The lowest BCUT2D eigenvalue weighted by Crippen LogP contribution is -2.30. The van der Waals surface area contributed by atoms with Crippen molar-refractivity contribution in [2.45, 2.75) is 19.9 Å². The van der Waals surface area contributed by atoms with Gasteiger partial charge in [-0.05, 0) is 55.9 Å². The van der Waals surface area contributed by atoms with Crippen molar-refractivity contribution < 1.29 is 4.42 Å². The zero-order valence-corrected chi connectivity index (χ0v) is 11.3. The summed E-state index contributed by atoms with van der Waals surface area (Å²) in [5, 5.41) is 6.92. The molecule has 0 unspecified atom stereocenters. The zero-order chi connectivity index (χ0) is 13.0. The molecule has 1 atom stereocenters. The van der Waals surface area contributed by atoms with Crippen LogP contribution in [0.5, 0.6) is 0 Å². The Hall–Kier alpha value is -1.81. The maximum atomic E-state index is 5.32. The summed E-state index contributed by atoms with van der Waals surface area (Å²) in [6.45, 7) is 4.05. The molecule has 0 amide bonds. The molecule has 4 heteroatoms. The average Bonchev–Trinajstić information content (AvgIpc) is 2.81. The van der Waals surface area contributed by atoms with Crippen LogP contribution in [0.15, 0.2) is 47.1 Å². The van der Waals surface area contributed by atoms with Gasteiger partial charge in [0.2, 0.25) is 0 Å². The van der Waals surface area contributed by atoms with Crippen LogP contribution in [-0.4, -0.2) is 5.11 Å². The van der Waals surface area contributed by atoms with E-state index < -0.39 is 0 Å². The molecule has 0 saturated heterocycles. The predicted octanol–water partition coefficient (Wildman–Crippen LogP) is 3.64. The second-order valence-electron chi connectivity index (χ2n) is 4.21. The number of nitrogens with one attached hydrogen (secondary N) is 2. The number of rotatable bonds is 3. The third-order valence-electron chi connectivity index (χ3n) is 2.59. The van der Waals surface area contributed by atoms with Crippen LogP contribution in [0.2, 0.25) is 0 Å². The van der Waals surface area contributed by atoms with Crippen molar-refractivity contribution >= 4 is 23.0 Å². The quantitative estimate of drug-likeness (QED) is 0.826. The molecule has 0 aliphatic rings. The van der Waals surface area contributed by atoms with E-state index >= 15 is 0 Å². The fourth-order valence-corrected chi connectivity index (χ4v) is 1.99. The van der Waals surface area contributed by atoms with Crippen molar-refractivity contribution in [3.8, 4) is 0 Å². The molecule has 3 nitrogen and oxygen atoms in total. The number of benzene rings is 1. The predicted molar refractivity (Wildman–Crippen MR) is 77.7 cm³/mol. The maximum Gasteiger partial charge on any atom is 0.171 e. The molecule has 0 fully saturated rings. The van der Waals surface area contributed by atoms with E-state index in [2.05, 4.69) is 10.6 Å². The van der Waals surface area contributed by atoms with E-state index in [9.17, 15) is 0 Å². The van der Waals surface area contributed by atoms with E-state index in [4.69, 9.17) is 16.6 Å². The highest BCUT2D eigenvalue weighted by Crippen LogP contribution is 2.13. The Kier molecular flexibility index (Phi) is 3.99. The van der Waals surface area contributed by atoms with E-state index in [1.807, 2.05) is 50.2 Å². The summed E-state index contributed by atoms with van der Waals surface area (Å²) in [5.41, 5.74) is 2.18. The summed E-state index contributed by atoms with van der Waals surface area (Å²) < 4.78 is 5.32. The molecule has 2 rings (SSSR count). The molecule has 0 spiro atoms. The van der Waals surface area contributed by atoms with E-state index in [0.717, 1.165) is 11.4 Å². The smallest absolute Gasteiger partial charge is 0.171 e. The molecule has 0 saturated carbocycles. The lowest BCUT2D eigenvalue weighted by molar-refractivity contribution is 0.464. The molecule has 2 aromatic rings. The largest absolute Gasteiger partial charge is 0.467 e. The van der Waals surface area contributed by atoms with Crippen molar-refractivity contribution in [3.63, 3.8) is 0 Å². The minimum atomic E-state index is 0.0461. The minimum absolute atomic E-state index is 0.0461. The van der Waals surface area contributed by atoms with E-state index in [-0.39, 0.29) is 6.04 Å². The molecule has 1 aromatic carbocycles. The number of anilines is 1. The fourth-order valence-electron chi connectivity index (χ4n) is 1.70. The Morgan fingerprint density at radius 3 is 2.78 bits per heavy atom. The molecule has 0 bridgehead atoms. The van der Waals surface area contributed by atoms with Crippen molar-refractivity contribution in [2.24, 2.45) is 0 Å². The lowest BCUT2D eigenvalue weighted by atomic mass is 10.2. The Bertz CT molecular complexity index is 522. The van der Waals surface area contributed by atoms with Gasteiger partial charge < -0.3 is 15.1 Å². The molecule has 0 radical (unpaired) electrons. The molecule has 1 heterocycles. The molecule has 0 aliphatic heterocycles. The van der Waals surface area contributed by atoms with Crippen LogP contribution in [0.4, 0.5) is 5.69 Å². The topological polar surface area (TPSA) is 37.2 Å². The van der Waals surface area contributed by atoms with Crippen LogP contribution in [-0.2, 0) is 0 Å². The van der Waals surface area contributed by atoms with Gasteiger partial charge in [0.1, 0.15) is 5.76 Å². The Morgan fingerprint density at radius 1 is 1.28 bits per heavy atom. The van der Waals surface area contributed by atoms with Crippen LogP contribution >= 0.6 is 12.2 Å². The summed E-state index contributed by atoms with van der Waals surface area (Å²) >= 11 is 5.27. The van der Waals surface area contributed by atoms with Gasteiger partial charge in [0.25, 0.3) is 0 Å². The average molecular weight is 260 g/mol. The fraction of sp³-hybridized carbons (Fsp3) is 0.214. The Balaban J connectivity index is 1.93. The zero-order valence-electron chi connectivity index (χ0n) is 10.4. The number of furan rings is 1. The first-order valence-electron chi connectivity index (χ1n) is 5.83. The third-order valence-corrected chi connectivity index (χ3v) is 2.81. The van der Waals surface area contributed by atoms with Crippen LogP contribution in [0.3, 0.4) is 0 Å². The van der Waals surface area contributed by atoms with Crippen molar-refractivity contribution in [1.29, 1.82) is 0 Å². The van der Waals surface area contributed by atoms with Crippen LogP contribution < -0.4 is 10.6 Å². The summed E-state index contributed by atoms with van der Waals surface area (Å²) in [6.07, 6.45) is 1.66. The third kappa shape index (κ3) is 3.34. The summed E-state index contributed by atoms with van der Waals surface area (Å²) in [4.78, 5) is 0. The highest BCUT2D eigenvalue weighted by Gasteiger charge is 2.09. The summed E-state index contributed by atoms with van der Waals surface area (Å²) in [7, 11) is 0. The molecule has 1 aromatic heterocycles. The van der Waals surface area contributed by atoms with Gasteiger partial charge in [0, 0.05) is 5.69 Å². The van der Waals surface area contributed by atoms with Crippen LogP contribution in [0.25, 0.3) is 0 Å². The molecule has 94 valence electrons. The molecule has 0 aliphatic carbocycles. The second kappa shape index (κ2) is 5.69. The van der Waals surface area contributed by atoms with Gasteiger partial charge in [0.15, 0.2) is 5.11 Å². The number of hydrogen-bond donors (Lipinski definition) is 2. The maximum absolute atomic E-state index is 5.32. The first-order chi connectivity index (χ1) is 8.65. The first kappa shape index (κ1) is 12.6. The molecule has 2 N–H and O–H groups in total. The molecular formula is C14H16N2OS. The van der Waals surface area contributed by atoms with E-state index in [1.54, 1.807) is 6.26 Å². The lowest BCUT2D eigenvalue weighted by Gasteiger charge is -2.15. The van der Waals surface area contributed by atoms with Crippen LogP contribution in [0.1, 0.15) is 24.3 Å². The van der Waals surface area contributed by atoms with Crippen LogP contribution in [0, 0.1) is 6.92 Å². The van der Waals surface area contributed by atoms with Crippen molar-refractivity contribution in [3.05, 3.63) is 54.0 Å². The molecular weight excluding hydrogens is 244 g/mol. The first-order valence-corrected chi connectivity index (χ1v) is 6.23. The number of hydrogen-bond acceptors (Lipinski definition) is 2. The van der Waals surface area contributed by atoms with Gasteiger partial charge in [-0.1, -0.05) is 12.1 Å². The highest BCUT2D eigenvalue weighted by atomic mass is 32.1. The summed E-state index contributed by atoms with van der Waals surface area (Å²) in [6, 6.07) is 11.9. The number of aryl methyl sites for hydroxylation is 1. The van der Waals surface area contributed by atoms with Gasteiger partial charge in [-0.2, -0.15) is 0 Å². The molecule has 18 heavy (non-hydrogen) atoms. The van der Waals surface area contributed by atoms with Gasteiger partial charge >= 0.3 is 0 Å². The van der Waals surface area contributed by atoms with Crippen molar-refractivity contribution in [2.75, 3.05) is 5.32 Å². The van der Waals surface area contributed by atoms with E-state index in [0.29, 0.717) is 5.11 Å². The number of thiocarbonyl (C=S) groups is 1. The monoisotopic (exact) mass is 260 g/mol. The van der Waals surface area contributed by atoms with Gasteiger partial charge in [0.05, 0.1) is 12.3 Å².